The van der Waals surface area contributed by atoms with E-state index in [0.29, 0.717) is 5.69 Å². The second kappa shape index (κ2) is 7.74. The quantitative estimate of drug-likeness (QED) is 0.342. The Kier molecular flexibility index (Phi) is 4.76. The summed E-state index contributed by atoms with van der Waals surface area (Å²) in [5, 5.41) is 5.47. The first-order chi connectivity index (χ1) is 15.1. The molecule has 0 aliphatic heterocycles. The minimum atomic E-state index is -3.66. The molecule has 6 heteroatoms. The zero-order valence-electron chi connectivity index (χ0n) is 16.5. The number of benzene rings is 4. The standard InChI is InChI=1S/C25H19N3O2S/c29-31(30,20-11-2-1-3-12-20)28-19-10-8-9-18(17-19)26-25-21-13-4-6-15-23(21)27-24-16-7-5-14-22(24)25/h1-17,28H,(H,26,27). The van der Waals surface area contributed by atoms with E-state index in [4.69, 9.17) is 4.98 Å². The number of sulfonamides is 1. The zero-order chi connectivity index (χ0) is 21.3. The number of para-hydroxylation sites is 2. The number of anilines is 3. The molecule has 0 aliphatic rings. The number of rotatable bonds is 5. The molecule has 5 nitrogen and oxygen atoms in total. The van der Waals surface area contributed by atoms with E-state index in [1.807, 2.05) is 60.7 Å². The minimum absolute atomic E-state index is 0.222. The Morgan fingerprint density at radius 1 is 0.613 bits per heavy atom. The fourth-order valence-corrected chi connectivity index (χ4v) is 4.66. The van der Waals surface area contributed by atoms with Gasteiger partial charge in [0.05, 0.1) is 27.3 Å². The van der Waals surface area contributed by atoms with Crippen LogP contribution in [-0.2, 0) is 10.0 Å². The van der Waals surface area contributed by atoms with E-state index in [1.54, 1.807) is 42.5 Å². The molecule has 4 aromatic carbocycles. The minimum Gasteiger partial charge on any atom is -0.354 e. The molecule has 1 heterocycles. The van der Waals surface area contributed by atoms with Gasteiger partial charge in [-0.1, -0.05) is 60.7 Å². The smallest absolute Gasteiger partial charge is 0.261 e. The molecule has 1 aromatic heterocycles. The van der Waals surface area contributed by atoms with Crippen molar-refractivity contribution in [2.45, 2.75) is 4.90 Å². The highest BCUT2D eigenvalue weighted by Crippen LogP contribution is 2.33. The average molecular weight is 426 g/mol. The van der Waals surface area contributed by atoms with Crippen molar-refractivity contribution in [3.8, 4) is 0 Å². The lowest BCUT2D eigenvalue weighted by atomic mass is 10.1. The van der Waals surface area contributed by atoms with Crippen LogP contribution >= 0.6 is 0 Å². The molecule has 152 valence electrons. The van der Waals surface area contributed by atoms with Crippen molar-refractivity contribution >= 4 is 48.9 Å². The lowest BCUT2D eigenvalue weighted by molar-refractivity contribution is 0.601. The van der Waals surface area contributed by atoms with E-state index in [2.05, 4.69) is 10.0 Å². The molecule has 0 aliphatic carbocycles. The lowest BCUT2D eigenvalue weighted by Gasteiger charge is -2.14. The molecule has 0 radical (unpaired) electrons. The van der Waals surface area contributed by atoms with E-state index < -0.39 is 10.0 Å². The van der Waals surface area contributed by atoms with Gasteiger partial charge in [-0.25, -0.2) is 13.4 Å². The molecule has 5 aromatic rings. The lowest BCUT2D eigenvalue weighted by Crippen LogP contribution is -2.12. The van der Waals surface area contributed by atoms with Crippen molar-refractivity contribution in [1.29, 1.82) is 0 Å². The summed E-state index contributed by atoms with van der Waals surface area (Å²) in [5.41, 5.74) is 3.98. The third kappa shape index (κ3) is 3.81. The van der Waals surface area contributed by atoms with Crippen LogP contribution in [0.15, 0.2) is 108 Å². The molecular weight excluding hydrogens is 406 g/mol. The van der Waals surface area contributed by atoms with Gasteiger partial charge in [0.2, 0.25) is 0 Å². The maximum atomic E-state index is 12.7. The second-order valence-corrected chi connectivity index (χ2v) is 8.83. The molecule has 0 spiro atoms. The van der Waals surface area contributed by atoms with Crippen LogP contribution in [0.2, 0.25) is 0 Å². The summed E-state index contributed by atoms with van der Waals surface area (Å²) in [6.45, 7) is 0. The predicted octanol–water partition coefficient (Wildman–Crippen LogP) is 5.93. The van der Waals surface area contributed by atoms with E-state index >= 15 is 0 Å². The highest BCUT2D eigenvalue weighted by atomic mass is 32.2. The van der Waals surface area contributed by atoms with Gasteiger partial charge in [0.1, 0.15) is 0 Å². The van der Waals surface area contributed by atoms with Gasteiger partial charge in [0.15, 0.2) is 0 Å². The number of pyridine rings is 1. The first-order valence-electron chi connectivity index (χ1n) is 9.83. The summed E-state index contributed by atoms with van der Waals surface area (Å²) in [7, 11) is -3.66. The largest absolute Gasteiger partial charge is 0.354 e. The maximum absolute atomic E-state index is 12.7. The highest BCUT2D eigenvalue weighted by Gasteiger charge is 2.14. The SMILES string of the molecule is O=S(=O)(Nc1cccc(Nc2c3ccccc3nc3ccccc23)c1)c1ccccc1. The summed E-state index contributed by atoms with van der Waals surface area (Å²) in [5.74, 6) is 0. The number of nitrogens with zero attached hydrogens (tertiary/aromatic N) is 1. The molecule has 0 saturated carbocycles. The molecule has 0 amide bonds. The fourth-order valence-electron chi connectivity index (χ4n) is 3.59. The number of hydrogen-bond donors (Lipinski definition) is 2. The third-order valence-corrected chi connectivity index (χ3v) is 6.42. The monoisotopic (exact) mass is 425 g/mol. The van der Waals surface area contributed by atoms with Gasteiger partial charge in [0, 0.05) is 16.5 Å². The van der Waals surface area contributed by atoms with Crippen molar-refractivity contribution in [3.05, 3.63) is 103 Å². The highest BCUT2D eigenvalue weighted by molar-refractivity contribution is 7.92. The van der Waals surface area contributed by atoms with Gasteiger partial charge in [-0.2, -0.15) is 0 Å². The van der Waals surface area contributed by atoms with Crippen molar-refractivity contribution in [1.82, 2.24) is 4.98 Å². The van der Waals surface area contributed by atoms with Crippen molar-refractivity contribution in [2.75, 3.05) is 10.0 Å². The molecule has 0 bridgehead atoms. The van der Waals surface area contributed by atoms with Crippen LogP contribution in [0.25, 0.3) is 21.8 Å². The van der Waals surface area contributed by atoms with Gasteiger partial charge in [0.25, 0.3) is 10.0 Å². The molecule has 2 N–H and O–H groups in total. The maximum Gasteiger partial charge on any atom is 0.261 e. The molecule has 0 fully saturated rings. The van der Waals surface area contributed by atoms with Crippen LogP contribution < -0.4 is 10.0 Å². The Morgan fingerprint density at radius 3 is 1.87 bits per heavy atom. The van der Waals surface area contributed by atoms with Crippen LogP contribution in [-0.4, -0.2) is 13.4 Å². The summed E-state index contributed by atoms with van der Waals surface area (Å²) in [4.78, 5) is 4.97. The van der Waals surface area contributed by atoms with Crippen LogP contribution in [0.5, 0.6) is 0 Å². The predicted molar refractivity (Wildman–Crippen MR) is 126 cm³/mol. The Hall–Kier alpha value is -3.90. The van der Waals surface area contributed by atoms with Crippen LogP contribution in [0, 0.1) is 0 Å². The van der Waals surface area contributed by atoms with E-state index in [1.165, 1.54) is 0 Å². The molecule has 0 atom stereocenters. The Bertz CT molecular complexity index is 1450. The van der Waals surface area contributed by atoms with Crippen LogP contribution in [0.3, 0.4) is 0 Å². The summed E-state index contributed by atoms with van der Waals surface area (Å²) in [6.07, 6.45) is 0. The van der Waals surface area contributed by atoms with Crippen LogP contribution in [0.1, 0.15) is 0 Å². The van der Waals surface area contributed by atoms with E-state index in [-0.39, 0.29) is 4.90 Å². The number of nitrogens with one attached hydrogen (secondary N) is 2. The summed E-state index contributed by atoms with van der Waals surface area (Å²) in [6, 6.07) is 31.5. The first-order valence-corrected chi connectivity index (χ1v) is 11.3. The normalized spacial score (nSPS) is 11.5. The number of fused-ring (bicyclic) bond motifs is 2. The number of aromatic nitrogens is 1. The van der Waals surface area contributed by atoms with Crippen LogP contribution in [0.4, 0.5) is 17.1 Å². The van der Waals surface area contributed by atoms with Gasteiger partial charge in [-0.15, -0.1) is 0 Å². The van der Waals surface area contributed by atoms with Gasteiger partial charge < -0.3 is 5.32 Å². The molecule has 5 rings (SSSR count). The summed E-state index contributed by atoms with van der Waals surface area (Å²) >= 11 is 0. The molecular formula is C25H19N3O2S. The average Bonchev–Trinajstić information content (AvgIpc) is 2.79. The molecule has 0 saturated heterocycles. The Balaban J connectivity index is 1.54. The fraction of sp³-hybridized carbons (Fsp3) is 0. The Labute approximate surface area is 180 Å². The Morgan fingerprint density at radius 2 is 1.19 bits per heavy atom. The topological polar surface area (TPSA) is 71.1 Å². The van der Waals surface area contributed by atoms with Crippen molar-refractivity contribution < 1.29 is 8.42 Å². The van der Waals surface area contributed by atoms with Gasteiger partial charge in [-0.3, -0.25) is 4.72 Å². The van der Waals surface area contributed by atoms with Crippen molar-refractivity contribution in [2.24, 2.45) is 0 Å². The zero-order valence-corrected chi connectivity index (χ0v) is 17.3. The van der Waals surface area contributed by atoms with E-state index in [0.717, 1.165) is 33.2 Å². The van der Waals surface area contributed by atoms with Gasteiger partial charge >= 0.3 is 0 Å². The molecule has 0 unspecified atom stereocenters. The first kappa shape index (κ1) is 19.1. The van der Waals surface area contributed by atoms with Gasteiger partial charge in [-0.05, 0) is 42.5 Å². The third-order valence-electron chi connectivity index (χ3n) is 5.03. The molecule has 31 heavy (non-hydrogen) atoms. The number of hydrogen-bond acceptors (Lipinski definition) is 4. The van der Waals surface area contributed by atoms with Crippen molar-refractivity contribution in [3.63, 3.8) is 0 Å². The summed E-state index contributed by atoms with van der Waals surface area (Å²) < 4.78 is 28.0. The second-order valence-electron chi connectivity index (χ2n) is 7.15. The van der Waals surface area contributed by atoms with E-state index in [9.17, 15) is 8.42 Å².